The van der Waals surface area contributed by atoms with Crippen LogP contribution in [0.15, 0.2) is 36.4 Å². The van der Waals surface area contributed by atoms with Gasteiger partial charge in [-0.15, -0.1) is 0 Å². The van der Waals surface area contributed by atoms with Crippen LogP contribution in [0.1, 0.15) is 32.3 Å². The van der Waals surface area contributed by atoms with Crippen molar-refractivity contribution < 1.29 is 43.3 Å². The van der Waals surface area contributed by atoms with Crippen molar-refractivity contribution in [3.63, 3.8) is 0 Å². The lowest BCUT2D eigenvalue weighted by molar-refractivity contribution is -0.137. The summed E-state index contributed by atoms with van der Waals surface area (Å²) < 4.78 is 10.5. The monoisotopic (exact) mass is 590 g/mol. The lowest BCUT2D eigenvalue weighted by Gasteiger charge is -2.34. The minimum absolute atomic E-state index is 0.0240. The predicted octanol–water partition coefficient (Wildman–Crippen LogP) is -0.493. The Hall–Kier alpha value is -4.50. The van der Waals surface area contributed by atoms with Crippen LogP contribution in [-0.4, -0.2) is 90.8 Å². The number of nitrogens with one attached hydrogen (secondary N) is 2. The van der Waals surface area contributed by atoms with Crippen LogP contribution in [0.2, 0.25) is 0 Å². The van der Waals surface area contributed by atoms with E-state index in [4.69, 9.17) is 20.9 Å². The van der Waals surface area contributed by atoms with Crippen LogP contribution in [0, 0.1) is 5.92 Å². The molecular formula is C27H38N6O9. The second kappa shape index (κ2) is 16.7. The van der Waals surface area contributed by atoms with E-state index in [0.29, 0.717) is 11.3 Å². The van der Waals surface area contributed by atoms with Crippen LogP contribution in [0.4, 0.5) is 15.3 Å². The fraction of sp³-hybridized carbons (Fsp3) is 0.481. The number of aliphatic hydroxyl groups is 1. The Morgan fingerprint density at radius 2 is 1.64 bits per heavy atom. The summed E-state index contributed by atoms with van der Waals surface area (Å²) in [5, 5.41) is 14.4. The number of rotatable bonds is 17. The maximum atomic E-state index is 13.9. The van der Waals surface area contributed by atoms with Crippen molar-refractivity contribution in [2.24, 2.45) is 17.4 Å². The van der Waals surface area contributed by atoms with Crippen molar-refractivity contribution in [2.75, 3.05) is 37.8 Å². The maximum absolute atomic E-state index is 13.9. The molecule has 1 aromatic carbocycles. The van der Waals surface area contributed by atoms with Gasteiger partial charge in [-0.25, -0.2) is 9.59 Å². The number of carbonyl (C=O) groups is 6. The number of hydrogen-bond acceptors (Lipinski definition) is 9. The molecule has 1 aromatic rings. The lowest BCUT2D eigenvalue weighted by atomic mass is 9.99. The number of imide groups is 1. The minimum atomic E-state index is -1.14. The molecule has 1 aliphatic heterocycles. The molecule has 2 atom stereocenters. The number of urea groups is 1. The van der Waals surface area contributed by atoms with E-state index in [2.05, 4.69) is 10.6 Å². The number of anilines is 1. The zero-order valence-electron chi connectivity index (χ0n) is 23.6. The predicted molar refractivity (Wildman–Crippen MR) is 149 cm³/mol. The molecule has 7 amide bonds. The summed E-state index contributed by atoms with van der Waals surface area (Å²) in [6, 6.07) is 3.27. The Balaban J connectivity index is 2.06. The van der Waals surface area contributed by atoms with Crippen LogP contribution in [0.5, 0.6) is 0 Å². The third-order valence-electron chi connectivity index (χ3n) is 6.25. The molecule has 0 radical (unpaired) electrons. The average Bonchev–Trinajstić information content (AvgIpc) is 3.26. The maximum Gasteiger partial charge on any atom is 0.407 e. The highest BCUT2D eigenvalue weighted by molar-refractivity contribution is 6.12. The lowest BCUT2D eigenvalue weighted by Crippen LogP contribution is -2.57. The molecule has 0 saturated carbocycles. The number of nitrogens with two attached hydrogens (primary N) is 2. The SMILES string of the molecule is CC(C)[C@H](NC(=O)OCCOCCN1C(=O)C=CC1=O)C(=O)N(c1ccc(CO)cc1)[C@@H](CCCNC(N)=O)C(N)=O. The van der Waals surface area contributed by atoms with E-state index in [0.717, 1.165) is 4.90 Å². The highest BCUT2D eigenvalue weighted by Gasteiger charge is 2.36. The molecule has 1 heterocycles. The van der Waals surface area contributed by atoms with Crippen LogP contribution in [-0.2, 0) is 35.3 Å². The van der Waals surface area contributed by atoms with E-state index in [9.17, 15) is 33.9 Å². The van der Waals surface area contributed by atoms with Gasteiger partial charge in [0.05, 0.1) is 26.4 Å². The second-order valence-corrected chi connectivity index (χ2v) is 9.66. The number of ether oxygens (including phenoxy) is 2. The fourth-order valence-electron chi connectivity index (χ4n) is 4.06. The number of aliphatic hydroxyl groups excluding tert-OH is 1. The van der Waals surface area contributed by atoms with Crippen molar-refractivity contribution >= 4 is 41.4 Å². The van der Waals surface area contributed by atoms with E-state index < -0.39 is 53.8 Å². The Morgan fingerprint density at radius 3 is 2.19 bits per heavy atom. The van der Waals surface area contributed by atoms with Crippen LogP contribution in [0.25, 0.3) is 0 Å². The van der Waals surface area contributed by atoms with E-state index >= 15 is 0 Å². The summed E-state index contributed by atoms with van der Waals surface area (Å²) in [7, 11) is 0. The van der Waals surface area contributed by atoms with Crippen LogP contribution >= 0.6 is 0 Å². The van der Waals surface area contributed by atoms with E-state index in [-0.39, 0.29) is 52.4 Å². The molecule has 0 aromatic heterocycles. The first-order valence-electron chi connectivity index (χ1n) is 13.4. The van der Waals surface area contributed by atoms with Gasteiger partial charge in [-0.05, 0) is 36.5 Å². The fourth-order valence-corrected chi connectivity index (χ4v) is 4.06. The quantitative estimate of drug-likeness (QED) is 0.116. The van der Waals surface area contributed by atoms with Gasteiger partial charge in [-0.3, -0.25) is 29.0 Å². The Morgan fingerprint density at radius 1 is 1.00 bits per heavy atom. The van der Waals surface area contributed by atoms with Gasteiger partial charge in [-0.2, -0.15) is 0 Å². The number of benzene rings is 1. The van der Waals surface area contributed by atoms with Crippen LogP contribution < -0.4 is 27.0 Å². The summed E-state index contributed by atoms with van der Waals surface area (Å²) >= 11 is 0. The van der Waals surface area contributed by atoms with Crippen molar-refractivity contribution in [3.8, 4) is 0 Å². The van der Waals surface area contributed by atoms with Crippen LogP contribution in [0.3, 0.4) is 0 Å². The van der Waals surface area contributed by atoms with Gasteiger partial charge in [0.1, 0.15) is 18.7 Å². The molecule has 230 valence electrons. The van der Waals surface area contributed by atoms with Gasteiger partial charge in [0, 0.05) is 24.4 Å². The molecular weight excluding hydrogens is 552 g/mol. The molecule has 0 fully saturated rings. The first-order valence-corrected chi connectivity index (χ1v) is 13.4. The third-order valence-corrected chi connectivity index (χ3v) is 6.25. The number of amides is 7. The normalized spacial score (nSPS) is 14.0. The topological polar surface area (TPSA) is 224 Å². The van der Waals surface area contributed by atoms with Gasteiger partial charge in [0.15, 0.2) is 0 Å². The third kappa shape index (κ3) is 10.2. The molecule has 0 spiro atoms. The molecule has 0 aliphatic carbocycles. The molecule has 2 rings (SSSR count). The highest BCUT2D eigenvalue weighted by atomic mass is 16.6. The van der Waals surface area contributed by atoms with E-state index in [1.54, 1.807) is 38.1 Å². The van der Waals surface area contributed by atoms with Crippen molar-refractivity contribution in [3.05, 3.63) is 42.0 Å². The average molecular weight is 591 g/mol. The molecule has 0 unspecified atom stereocenters. The smallest absolute Gasteiger partial charge is 0.407 e. The Bertz CT molecular complexity index is 1140. The summed E-state index contributed by atoms with van der Waals surface area (Å²) in [5.74, 6) is -2.72. The Labute approximate surface area is 243 Å². The molecule has 0 saturated heterocycles. The first kappa shape index (κ1) is 33.7. The standard InChI is InChI=1S/C27H38N6O9/c1-17(2)23(31-27(40)42-15-14-41-13-12-32-21(35)9-10-22(32)36)25(38)33(19-7-5-18(16-34)6-8-19)20(24(28)37)4-3-11-30-26(29)39/h5-10,17,20,23,34H,3-4,11-16H2,1-2H3,(H2,28,37)(H,31,40)(H3,29,30,39)/t20-,23-/m0/s1. The molecule has 0 bridgehead atoms. The first-order chi connectivity index (χ1) is 20.0. The summed E-state index contributed by atoms with van der Waals surface area (Å²) in [4.78, 5) is 75.3. The van der Waals surface area contributed by atoms with Gasteiger partial charge in [0.2, 0.25) is 5.91 Å². The van der Waals surface area contributed by atoms with E-state index in [1.807, 2.05) is 0 Å². The zero-order valence-corrected chi connectivity index (χ0v) is 23.6. The number of nitrogens with zero attached hydrogens (tertiary/aromatic N) is 2. The van der Waals surface area contributed by atoms with Crippen molar-refractivity contribution in [1.82, 2.24) is 15.5 Å². The number of carbonyl (C=O) groups excluding carboxylic acids is 6. The Kier molecular flexibility index (Phi) is 13.4. The zero-order chi connectivity index (χ0) is 31.2. The number of primary amides is 2. The molecule has 15 nitrogen and oxygen atoms in total. The van der Waals surface area contributed by atoms with Crippen molar-refractivity contribution in [2.45, 2.75) is 45.4 Å². The van der Waals surface area contributed by atoms with Crippen molar-refractivity contribution in [1.29, 1.82) is 0 Å². The van der Waals surface area contributed by atoms with Gasteiger partial charge < -0.3 is 36.7 Å². The van der Waals surface area contributed by atoms with E-state index in [1.165, 1.54) is 17.1 Å². The highest BCUT2D eigenvalue weighted by Crippen LogP contribution is 2.23. The molecule has 15 heteroatoms. The summed E-state index contributed by atoms with van der Waals surface area (Å²) in [6.07, 6.45) is 1.78. The molecule has 1 aliphatic rings. The summed E-state index contributed by atoms with van der Waals surface area (Å²) in [6.45, 7) is 3.21. The summed E-state index contributed by atoms with van der Waals surface area (Å²) in [5.41, 5.74) is 11.7. The van der Waals surface area contributed by atoms with Gasteiger partial charge in [-0.1, -0.05) is 26.0 Å². The molecule has 42 heavy (non-hydrogen) atoms. The number of alkyl carbamates (subject to hydrolysis) is 1. The van der Waals surface area contributed by atoms with Gasteiger partial charge in [0.25, 0.3) is 17.7 Å². The largest absolute Gasteiger partial charge is 0.447 e. The number of hydrogen-bond donors (Lipinski definition) is 5. The minimum Gasteiger partial charge on any atom is -0.447 e. The van der Waals surface area contributed by atoms with Gasteiger partial charge >= 0.3 is 12.1 Å². The molecule has 7 N–H and O–H groups in total. The second-order valence-electron chi connectivity index (χ2n) is 9.66.